The van der Waals surface area contributed by atoms with E-state index in [1.165, 1.54) is 0 Å². The Hall–Kier alpha value is -2.73. The third kappa shape index (κ3) is 4.48. The number of hydrogen-bond acceptors (Lipinski definition) is 4. The number of nitrogens with zero attached hydrogens (tertiary/aromatic N) is 1. The molecule has 0 radical (unpaired) electrons. The van der Waals surface area contributed by atoms with Crippen LogP contribution >= 0.6 is 0 Å². The lowest BCUT2D eigenvalue weighted by atomic mass is 10.0. The Morgan fingerprint density at radius 3 is 2.76 bits per heavy atom. The molecule has 2 aromatic rings. The van der Waals surface area contributed by atoms with E-state index in [0.29, 0.717) is 19.8 Å². The van der Waals surface area contributed by atoms with E-state index in [0.717, 1.165) is 47.7 Å². The molecule has 0 aromatic heterocycles. The fraction of sp³-hybridized carbons (Fsp3) is 0.435. The van der Waals surface area contributed by atoms with Crippen LogP contribution in [0.5, 0.6) is 11.5 Å². The van der Waals surface area contributed by atoms with Crippen LogP contribution in [0.3, 0.4) is 0 Å². The summed E-state index contributed by atoms with van der Waals surface area (Å²) in [5.41, 5.74) is 2.89. The van der Waals surface area contributed by atoms with Crippen molar-refractivity contribution in [3.63, 3.8) is 0 Å². The number of carbonyl (C=O) groups excluding carboxylic acids is 1. The Morgan fingerprint density at radius 2 is 1.97 bits per heavy atom. The lowest BCUT2D eigenvalue weighted by Gasteiger charge is -2.29. The normalized spacial score (nSPS) is 18.2. The van der Waals surface area contributed by atoms with Crippen molar-refractivity contribution >= 4 is 11.7 Å². The van der Waals surface area contributed by atoms with Gasteiger partial charge in [0.1, 0.15) is 13.2 Å². The number of ether oxygens (including phenoxy) is 3. The molecule has 2 aromatic carbocycles. The van der Waals surface area contributed by atoms with Crippen molar-refractivity contribution in [1.82, 2.24) is 4.90 Å². The van der Waals surface area contributed by atoms with Gasteiger partial charge in [-0.15, -0.1) is 0 Å². The lowest BCUT2D eigenvalue weighted by molar-refractivity contribution is 0.0657. The van der Waals surface area contributed by atoms with Crippen molar-refractivity contribution in [2.45, 2.75) is 45.4 Å². The van der Waals surface area contributed by atoms with E-state index in [1.54, 1.807) is 0 Å². The molecular weight excluding hydrogens is 368 g/mol. The molecule has 1 atom stereocenters. The van der Waals surface area contributed by atoms with Crippen LogP contribution in [0.1, 0.15) is 43.9 Å². The van der Waals surface area contributed by atoms with Crippen molar-refractivity contribution in [1.29, 1.82) is 0 Å². The Morgan fingerprint density at radius 1 is 1.17 bits per heavy atom. The SMILES string of the molecule is CC(C)OCc1ccc(NC(=O)N2CCCC2c2cccc3c2OCCO3)cc1. The van der Waals surface area contributed by atoms with Gasteiger partial charge < -0.3 is 24.4 Å². The van der Waals surface area contributed by atoms with Gasteiger partial charge in [0.25, 0.3) is 0 Å². The van der Waals surface area contributed by atoms with E-state index in [2.05, 4.69) is 5.32 Å². The first-order valence-electron chi connectivity index (χ1n) is 10.3. The van der Waals surface area contributed by atoms with Gasteiger partial charge in [-0.2, -0.15) is 0 Å². The second-order valence-electron chi connectivity index (χ2n) is 7.71. The zero-order chi connectivity index (χ0) is 20.2. The molecule has 6 heteroatoms. The summed E-state index contributed by atoms with van der Waals surface area (Å²) in [5, 5.41) is 3.03. The van der Waals surface area contributed by atoms with Gasteiger partial charge in [0, 0.05) is 17.8 Å². The van der Waals surface area contributed by atoms with Crippen LogP contribution < -0.4 is 14.8 Å². The van der Waals surface area contributed by atoms with Crippen LogP contribution in [-0.4, -0.2) is 36.8 Å². The maximum absolute atomic E-state index is 13.0. The molecule has 2 aliphatic rings. The van der Waals surface area contributed by atoms with Crippen molar-refractivity contribution in [2.75, 3.05) is 25.1 Å². The van der Waals surface area contributed by atoms with E-state index in [-0.39, 0.29) is 18.2 Å². The van der Waals surface area contributed by atoms with Crippen LogP contribution in [0.25, 0.3) is 0 Å². The quantitative estimate of drug-likeness (QED) is 0.792. The second-order valence-corrected chi connectivity index (χ2v) is 7.71. The zero-order valence-corrected chi connectivity index (χ0v) is 17.0. The number of amides is 2. The number of benzene rings is 2. The number of anilines is 1. The van der Waals surface area contributed by atoms with Gasteiger partial charge in [-0.1, -0.05) is 24.3 Å². The van der Waals surface area contributed by atoms with Gasteiger partial charge in [-0.3, -0.25) is 0 Å². The summed E-state index contributed by atoms with van der Waals surface area (Å²) in [4.78, 5) is 14.9. The number of urea groups is 1. The predicted molar refractivity (Wildman–Crippen MR) is 111 cm³/mol. The fourth-order valence-corrected chi connectivity index (χ4v) is 3.83. The van der Waals surface area contributed by atoms with Gasteiger partial charge in [-0.25, -0.2) is 4.79 Å². The van der Waals surface area contributed by atoms with E-state index in [9.17, 15) is 4.79 Å². The van der Waals surface area contributed by atoms with Crippen LogP contribution in [0, 0.1) is 0 Å². The second kappa shape index (κ2) is 8.74. The summed E-state index contributed by atoms with van der Waals surface area (Å²) in [6, 6.07) is 13.6. The molecule has 2 aliphatic heterocycles. The molecular formula is C23H28N2O4. The number of likely N-dealkylation sites (tertiary alicyclic amines) is 1. The van der Waals surface area contributed by atoms with Gasteiger partial charge in [0.2, 0.25) is 0 Å². The molecule has 2 amide bonds. The Bertz CT molecular complexity index is 850. The molecule has 0 spiro atoms. The highest BCUT2D eigenvalue weighted by atomic mass is 16.6. The molecule has 0 saturated carbocycles. The number of hydrogen-bond donors (Lipinski definition) is 1. The minimum atomic E-state index is -0.0898. The number of para-hydroxylation sites is 1. The van der Waals surface area contributed by atoms with Gasteiger partial charge in [0.05, 0.1) is 18.8 Å². The van der Waals surface area contributed by atoms with Crippen LogP contribution in [0.4, 0.5) is 10.5 Å². The zero-order valence-electron chi connectivity index (χ0n) is 17.0. The molecule has 29 heavy (non-hydrogen) atoms. The molecule has 2 heterocycles. The summed E-state index contributed by atoms with van der Waals surface area (Å²) >= 11 is 0. The third-order valence-corrected chi connectivity index (χ3v) is 5.26. The van der Waals surface area contributed by atoms with Gasteiger partial charge >= 0.3 is 6.03 Å². The highest BCUT2D eigenvalue weighted by Crippen LogP contribution is 2.42. The first kappa shape index (κ1) is 19.6. The largest absolute Gasteiger partial charge is 0.486 e. The summed E-state index contributed by atoms with van der Waals surface area (Å²) in [6.45, 7) is 6.42. The lowest BCUT2D eigenvalue weighted by Crippen LogP contribution is -2.34. The van der Waals surface area contributed by atoms with Crippen LogP contribution in [-0.2, 0) is 11.3 Å². The molecule has 1 saturated heterocycles. The van der Waals surface area contributed by atoms with Crippen molar-refractivity contribution in [2.24, 2.45) is 0 Å². The third-order valence-electron chi connectivity index (χ3n) is 5.26. The van der Waals surface area contributed by atoms with Crippen LogP contribution in [0.2, 0.25) is 0 Å². The van der Waals surface area contributed by atoms with Crippen LogP contribution in [0.15, 0.2) is 42.5 Å². The van der Waals surface area contributed by atoms with Crippen molar-refractivity contribution in [3.8, 4) is 11.5 Å². The van der Waals surface area contributed by atoms with E-state index < -0.39 is 0 Å². The minimum absolute atomic E-state index is 0.00892. The molecule has 0 aliphatic carbocycles. The number of rotatable bonds is 5. The van der Waals surface area contributed by atoms with E-state index >= 15 is 0 Å². The number of fused-ring (bicyclic) bond motifs is 1. The average Bonchev–Trinajstić information content (AvgIpc) is 3.22. The highest BCUT2D eigenvalue weighted by molar-refractivity contribution is 5.90. The van der Waals surface area contributed by atoms with Gasteiger partial charge in [0.15, 0.2) is 11.5 Å². The maximum Gasteiger partial charge on any atom is 0.322 e. The summed E-state index contributed by atoms with van der Waals surface area (Å²) in [6.07, 6.45) is 2.08. The summed E-state index contributed by atoms with van der Waals surface area (Å²) in [5.74, 6) is 1.54. The molecule has 1 N–H and O–H groups in total. The predicted octanol–water partition coefficient (Wildman–Crippen LogP) is 4.75. The van der Waals surface area contributed by atoms with Gasteiger partial charge in [-0.05, 0) is 50.5 Å². The highest BCUT2D eigenvalue weighted by Gasteiger charge is 2.33. The fourth-order valence-electron chi connectivity index (χ4n) is 3.83. The minimum Gasteiger partial charge on any atom is -0.486 e. The molecule has 1 unspecified atom stereocenters. The topological polar surface area (TPSA) is 60.0 Å². The standard InChI is InChI=1S/C23H28N2O4/c1-16(2)29-15-17-8-10-18(11-9-17)24-23(26)25-12-4-6-20(25)19-5-3-7-21-22(19)28-14-13-27-21/h3,5,7-11,16,20H,4,6,12-15H2,1-2H3,(H,24,26). The molecule has 154 valence electrons. The van der Waals surface area contributed by atoms with Crippen molar-refractivity contribution < 1.29 is 19.0 Å². The first-order chi connectivity index (χ1) is 14.1. The van der Waals surface area contributed by atoms with E-state index in [4.69, 9.17) is 14.2 Å². The van der Waals surface area contributed by atoms with Crippen molar-refractivity contribution in [3.05, 3.63) is 53.6 Å². The maximum atomic E-state index is 13.0. The first-order valence-corrected chi connectivity index (χ1v) is 10.3. The average molecular weight is 396 g/mol. The monoisotopic (exact) mass is 396 g/mol. The molecule has 6 nitrogen and oxygen atoms in total. The molecule has 1 fully saturated rings. The Kier molecular flexibility index (Phi) is 5.90. The molecule has 0 bridgehead atoms. The van der Waals surface area contributed by atoms with E-state index in [1.807, 2.05) is 61.2 Å². The summed E-state index contributed by atoms with van der Waals surface area (Å²) < 4.78 is 17.2. The molecule has 4 rings (SSSR count). The number of nitrogens with one attached hydrogen (secondary N) is 1. The smallest absolute Gasteiger partial charge is 0.322 e. The number of carbonyl (C=O) groups is 1. The Labute approximate surface area is 171 Å². The Balaban J connectivity index is 1.45. The summed E-state index contributed by atoms with van der Waals surface area (Å²) in [7, 11) is 0.